The van der Waals surface area contributed by atoms with Gasteiger partial charge in [-0.1, -0.05) is 54.4 Å². The van der Waals surface area contributed by atoms with E-state index in [0.29, 0.717) is 28.5 Å². The second-order valence-corrected chi connectivity index (χ2v) is 11.3. The van der Waals surface area contributed by atoms with E-state index in [0.717, 1.165) is 9.87 Å². The van der Waals surface area contributed by atoms with Gasteiger partial charge >= 0.3 is 0 Å². The zero-order chi connectivity index (χ0) is 29.4. The molecule has 214 valence electrons. The van der Waals surface area contributed by atoms with Gasteiger partial charge in [0.2, 0.25) is 11.8 Å². The predicted octanol–water partition coefficient (Wildman–Crippen LogP) is 4.41. The second kappa shape index (κ2) is 13.5. The number of anilines is 1. The van der Waals surface area contributed by atoms with Crippen molar-refractivity contribution >= 4 is 39.1 Å². The maximum Gasteiger partial charge on any atom is 0.264 e. The van der Waals surface area contributed by atoms with Crippen LogP contribution in [0.2, 0.25) is 5.02 Å². The molecule has 0 heterocycles. The minimum absolute atomic E-state index is 0.00872. The van der Waals surface area contributed by atoms with Gasteiger partial charge in [0.1, 0.15) is 12.6 Å². The number of nitrogens with one attached hydrogen (secondary N) is 1. The van der Waals surface area contributed by atoms with Crippen LogP contribution in [0, 0.1) is 6.92 Å². The number of halogens is 1. The van der Waals surface area contributed by atoms with Crippen LogP contribution in [-0.4, -0.2) is 59.0 Å². The van der Waals surface area contributed by atoms with E-state index in [4.69, 9.17) is 21.1 Å². The molecule has 40 heavy (non-hydrogen) atoms. The molecule has 1 N–H and O–H groups in total. The number of sulfonamides is 1. The molecule has 0 aliphatic heterocycles. The Morgan fingerprint density at radius 1 is 0.975 bits per heavy atom. The Hall–Kier alpha value is -3.76. The van der Waals surface area contributed by atoms with Gasteiger partial charge in [-0.2, -0.15) is 0 Å². The number of aryl methyl sites for hydroxylation is 1. The monoisotopic (exact) mass is 587 g/mol. The molecule has 0 aromatic heterocycles. The number of nitrogens with zero attached hydrogens (tertiary/aromatic N) is 2. The summed E-state index contributed by atoms with van der Waals surface area (Å²) in [5, 5.41) is 3.02. The molecular formula is C29H34ClN3O6S. The number of hydrogen-bond donors (Lipinski definition) is 1. The van der Waals surface area contributed by atoms with Gasteiger partial charge < -0.3 is 19.7 Å². The van der Waals surface area contributed by atoms with E-state index in [1.54, 1.807) is 49.4 Å². The maximum absolute atomic E-state index is 14.0. The first-order valence-corrected chi connectivity index (χ1v) is 14.4. The van der Waals surface area contributed by atoms with E-state index in [1.165, 1.54) is 50.4 Å². The molecule has 1 atom stereocenters. The number of carbonyl (C=O) groups is 2. The van der Waals surface area contributed by atoms with Gasteiger partial charge in [0.25, 0.3) is 10.0 Å². The number of likely N-dealkylation sites (N-methyl/N-ethyl adjacent to an activating group) is 1. The predicted molar refractivity (Wildman–Crippen MR) is 155 cm³/mol. The summed E-state index contributed by atoms with van der Waals surface area (Å²) in [7, 11) is 0.174. The van der Waals surface area contributed by atoms with Crippen LogP contribution >= 0.6 is 11.6 Å². The van der Waals surface area contributed by atoms with Crippen LogP contribution in [0.15, 0.2) is 71.6 Å². The summed E-state index contributed by atoms with van der Waals surface area (Å²) in [6, 6.07) is 17.1. The highest BCUT2D eigenvalue weighted by atomic mass is 35.5. The lowest BCUT2D eigenvalue weighted by molar-refractivity contribution is -0.140. The number of methoxy groups -OCH3 is 2. The summed E-state index contributed by atoms with van der Waals surface area (Å²) in [5.74, 6) is -0.264. The summed E-state index contributed by atoms with van der Waals surface area (Å²) in [5.41, 5.74) is 1.70. The Kier molecular flexibility index (Phi) is 10.4. The average Bonchev–Trinajstić information content (AvgIpc) is 2.96. The first-order chi connectivity index (χ1) is 19.1. The number of ether oxygens (including phenoxy) is 2. The molecule has 0 saturated carbocycles. The van der Waals surface area contributed by atoms with Gasteiger partial charge in [-0.05, 0) is 49.2 Å². The van der Waals surface area contributed by atoms with Crippen molar-refractivity contribution in [3.8, 4) is 11.5 Å². The minimum Gasteiger partial charge on any atom is -0.493 e. The third-order valence-corrected chi connectivity index (χ3v) is 8.63. The minimum atomic E-state index is -4.22. The van der Waals surface area contributed by atoms with E-state index in [2.05, 4.69) is 5.32 Å². The van der Waals surface area contributed by atoms with Gasteiger partial charge in [0.15, 0.2) is 11.5 Å². The Balaban J connectivity index is 2.13. The third kappa shape index (κ3) is 6.86. The van der Waals surface area contributed by atoms with Gasteiger partial charge in [-0.25, -0.2) is 8.42 Å². The molecule has 2 amide bonds. The van der Waals surface area contributed by atoms with Crippen LogP contribution in [0.25, 0.3) is 0 Å². The van der Waals surface area contributed by atoms with Crippen molar-refractivity contribution < 1.29 is 27.5 Å². The quantitative estimate of drug-likeness (QED) is 0.336. The van der Waals surface area contributed by atoms with Crippen molar-refractivity contribution in [2.45, 2.75) is 37.8 Å². The fourth-order valence-corrected chi connectivity index (χ4v) is 5.84. The van der Waals surface area contributed by atoms with Gasteiger partial charge in [0, 0.05) is 24.7 Å². The molecule has 3 aromatic rings. The lowest BCUT2D eigenvalue weighted by Crippen LogP contribution is -2.51. The topological polar surface area (TPSA) is 105 Å². The van der Waals surface area contributed by atoms with Crippen LogP contribution in [0.4, 0.5) is 5.69 Å². The highest BCUT2D eigenvalue weighted by molar-refractivity contribution is 7.92. The molecular weight excluding hydrogens is 554 g/mol. The number of rotatable bonds is 12. The molecule has 0 bridgehead atoms. The van der Waals surface area contributed by atoms with Crippen molar-refractivity contribution in [3.05, 3.63) is 82.9 Å². The number of hydrogen-bond acceptors (Lipinski definition) is 6. The molecule has 3 aromatic carbocycles. The van der Waals surface area contributed by atoms with Crippen molar-refractivity contribution in [1.29, 1.82) is 0 Å². The first kappa shape index (κ1) is 30.8. The molecule has 11 heteroatoms. The number of carbonyl (C=O) groups excluding carboxylic acids is 2. The van der Waals surface area contributed by atoms with E-state index in [-0.39, 0.29) is 23.0 Å². The van der Waals surface area contributed by atoms with Crippen LogP contribution < -0.4 is 19.1 Å². The van der Waals surface area contributed by atoms with E-state index < -0.39 is 28.5 Å². The average molecular weight is 588 g/mol. The molecule has 9 nitrogen and oxygen atoms in total. The molecule has 0 aliphatic carbocycles. The SMILES string of the molecule is CC[C@H](C(=O)NC)N(Cc1ccccc1Cl)C(=O)CN(c1ccc(OC)c(OC)c1)S(=O)(=O)c1ccc(C)cc1. The zero-order valence-electron chi connectivity index (χ0n) is 23.2. The first-order valence-electron chi connectivity index (χ1n) is 12.6. The van der Waals surface area contributed by atoms with Crippen LogP contribution in [-0.2, 0) is 26.2 Å². The smallest absolute Gasteiger partial charge is 0.264 e. The summed E-state index contributed by atoms with van der Waals surface area (Å²) in [6.07, 6.45) is 0.303. The molecule has 0 aliphatic rings. The largest absolute Gasteiger partial charge is 0.493 e. The van der Waals surface area contributed by atoms with Crippen LogP contribution in [0.1, 0.15) is 24.5 Å². The summed E-state index contributed by atoms with van der Waals surface area (Å²) in [6.45, 7) is 3.06. The third-order valence-electron chi connectivity index (χ3n) is 6.47. The van der Waals surface area contributed by atoms with Crippen molar-refractivity contribution in [2.24, 2.45) is 0 Å². The highest BCUT2D eigenvalue weighted by Gasteiger charge is 2.34. The van der Waals surface area contributed by atoms with Crippen molar-refractivity contribution in [3.63, 3.8) is 0 Å². The summed E-state index contributed by atoms with van der Waals surface area (Å²) >= 11 is 6.39. The summed E-state index contributed by atoms with van der Waals surface area (Å²) in [4.78, 5) is 28.2. The number of amides is 2. The van der Waals surface area contributed by atoms with Crippen molar-refractivity contribution in [2.75, 3.05) is 32.1 Å². The molecule has 3 rings (SSSR count). The molecule has 0 saturated heterocycles. The Labute approximate surface area is 240 Å². The molecule has 0 spiro atoms. The van der Waals surface area contributed by atoms with Gasteiger partial charge in [-0.3, -0.25) is 13.9 Å². The lowest BCUT2D eigenvalue weighted by atomic mass is 10.1. The van der Waals surface area contributed by atoms with Crippen molar-refractivity contribution in [1.82, 2.24) is 10.2 Å². The fraction of sp³-hybridized carbons (Fsp3) is 0.310. The Bertz CT molecular complexity index is 1450. The maximum atomic E-state index is 14.0. The van der Waals surface area contributed by atoms with E-state index in [9.17, 15) is 18.0 Å². The normalized spacial score (nSPS) is 11.8. The summed E-state index contributed by atoms with van der Waals surface area (Å²) < 4.78 is 39.7. The van der Waals surface area contributed by atoms with Crippen LogP contribution in [0.5, 0.6) is 11.5 Å². The number of benzene rings is 3. The van der Waals surface area contributed by atoms with Gasteiger partial charge in [0.05, 0.1) is 24.8 Å². The zero-order valence-corrected chi connectivity index (χ0v) is 24.8. The highest BCUT2D eigenvalue weighted by Crippen LogP contribution is 2.34. The van der Waals surface area contributed by atoms with Crippen LogP contribution in [0.3, 0.4) is 0 Å². The Morgan fingerprint density at radius 2 is 1.62 bits per heavy atom. The van der Waals surface area contributed by atoms with E-state index >= 15 is 0 Å². The second-order valence-electron chi connectivity index (χ2n) is 9.02. The van der Waals surface area contributed by atoms with E-state index in [1.807, 2.05) is 6.92 Å². The lowest BCUT2D eigenvalue weighted by Gasteiger charge is -2.33. The fourth-order valence-electron chi connectivity index (χ4n) is 4.24. The molecule has 0 fully saturated rings. The molecule has 0 unspecified atom stereocenters. The molecule has 0 radical (unpaired) electrons. The standard InChI is InChI=1S/C29H34ClN3O6S/c1-6-25(29(35)31-3)32(18-21-9-7-8-10-24(21)30)28(34)19-33(22-13-16-26(38-4)27(17-22)39-5)40(36,37)23-14-11-20(2)12-15-23/h7-17,25H,6,18-19H2,1-5H3,(H,31,35)/t25-/m1/s1. The Morgan fingerprint density at radius 3 is 2.20 bits per heavy atom. The van der Waals surface area contributed by atoms with Gasteiger partial charge in [-0.15, -0.1) is 0 Å².